The van der Waals surface area contributed by atoms with Crippen LogP contribution < -0.4 is 0 Å². The zero-order valence-corrected chi connectivity index (χ0v) is 9.77. The van der Waals surface area contributed by atoms with Crippen LogP contribution in [0.3, 0.4) is 0 Å². The van der Waals surface area contributed by atoms with Crippen molar-refractivity contribution in [2.45, 2.75) is 44.6 Å². The molecule has 1 N–H and O–H groups in total. The van der Waals surface area contributed by atoms with Gasteiger partial charge in [0.05, 0.1) is 0 Å². The smallest absolute Gasteiger partial charge is 0.320 e. The summed E-state index contributed by atoms with van der Waals surface area (Å²) in [5.74, 6) is 2.08. The van der Waals surface area contributed by atoms with Crippen LogP contribution in [0, 0.1) is 17.8 Å². The van der Waals surface area contributed by atoms with Crippen molar-refractivity contribution in [1.82, 2.24) is 4.90 Å². The Hall–Kier alpha value is -0.570. The average Bonchev–Trinajstić information content (AvgIpc) is 2.91. The maximum absolute atomic E-state index is 11.1. The normalized spacial score (nSPS) is 43.0. The quantitative estimate of drug-likeness (QED) is 0.795. The van der Waals surface area contributed by atoms with Gasteiger partial charge in [-0.25, -0.2) is 0 Å². The minimum atomic E-state index is -0.611. The first-order chi connectivity index (χ1) is 7.74. The van der Waals surface area contributed by atoms with Gasteiger partial charge in [-0.2, -0.15) is 0 Å². The van der Waals surface area contributed by atoms with Crippen LogP contribution in [-0.4, -0.2) is 35.1 Å². The molecule has 16 heavy (non-hydrogen) atoms. The highest BCUT2D eigenvalue weighted by atomic mass is 16.4. The van der Waals surface area contributed by atoms with Crippen molar-refractivity contribution in [3.8, 4) is 0 Å². The van der Waals surface area contributed by atoms with Crippen LogP contribution in [0.4, 0.5) is 0 Å². The molecular formula is C13H21NO2. The molecule has 0 aromatic carbocycles. The summed E-state index contributed by atoms with van der Waals surface area (Å²) in [6.45, 7) is 2.06. The molecule has 3 fully saturated rings. The Morgan fingerprint density at radius 3 is 2.75 bits per heavy atom. The largest absolute Gasteiger partial charge is 0.480 e. The molecule has 0 spiro atoms. The second-order valence-corrected chi connectivity index (χ2v) is 5.93. The Morgan fingerprint density at radius 2 is 2.12 bits per heavy atom. The van der Waals surface area contributed by atoms with Gasteiger partial charge in [-0.3, -0.25) is 9.69 Å². The van der Waals surface area contributed by atoms with Gasteiger partial charge >= 0.3 is 5.97 Å². The second-order valence-electron chi connectivity index (χ2n) is 5.93. The van der Waals surface area contributed by atoms with Crippen molar-refractivity contribution in [2.24, 2.45) is 17.8 Å². The molecule has 2 aliphatic carbocycles. The Balaban J connectivity index is 1.60. The van der Waals surface area contributed by atoms with Crippen LogP contribution in [0.2, 0.25) is 0 Å². The first kappa shape index (κ1) is 10.6. The van der Waals surface area contributed by atoms with Gasteiger partial charge < -0.3 is 5.11 Å². The molecule has 0 amide bonds. The van der Waals surface area contributed by atoms with Gasteiger partial charge in [0.1, 0.15) is 6.04 Å². The van der Waals surface area contributed by atoms with E-state index < -0.39 is 5.97 Å². The van der Waals surface area contributed by atoms with E-state index in [0.29, 0.717) is 0 Å². The number of carboxylic acids is 1. The van der Waals surface area contributed by atoms with E-state index in [1.165, 1.54) is 25.7 Å². The molecule has 2 bridgehead atoms. The number of rotatable bonds is 3. The average molecular weight is 223 g/mol. The highest BCUT2D eigenvalue weighted by Crippen LogP contribution is 2.48. The molecule has 0 aromatic rings. The summed E-state index contributed by atoms with van der Waals surface area (Å²) in [6, 6.07) is -0.181. The van der Waals surface area contributed by atoms with Gasteiger partial charge in [0.15, 0.2) is 0 Å². The lowest BCUT2D eigenvalue weighted by atomic mass is 9.88. The summed E-state index contributed by atoms with van der Waals surface area (Å²) < 4.78 is 0. The van der Waals surface area contributed by atoms with E-state index in [2.05, 4.69) is 4.90 Å². The number of carboxylic acid groups (broad SMARTS) is 1. The molecule has 3 aliphatic rings. The Bertz CT molecular complexity index is 292. The molecule has 0 aromatic heterocycles. The highest BCUT2D eigenvalue weighted by molar-refractivity contribution is 5.73. The fourth-order valence-corrected chi connectivity index (χ4v) is 4.23. The minimum absolute atomic E-state index is 0.181. The van der Waals surface area contributed by atoms with Crippen LogP contribution in [-0.2, 0) is 4.79 Å². The number of hydrogen-bond acceptors (Lipinski definition) is 2. The Morgan fingerprint density at radius 1 is 1.25 bits per heavy atom. The van der Waals surface area contributed by atoms with E-state index in [1.54, 1.807) is 0 Å². The number of nitrogens with zero attached hydrogens (tertiary/aromatic N) is 1. The van der Waals surface area contributed by atoms with Gasteiger partial charge in [0.25, 0.3) is 0 Å². The lowest BCUT2D eigenvalue weighted by Gasteiger charge is -2.29. The third kappa shape index (κ3) is 1.75. The predicted octanol–water partition coefficient (Wildman–Crippen LogP) is 1.97. The van der Waals surface area contributed by atoms with E-state index in [0.717, 1.165) is 43.7 Å². The van der Waals surface area contributed by atoms with Crippen LogP contribution in [0.25, 0.3) is 0 Å². The lowest BCUT2D eigenvalue weighted by molar-refractivity contribution is -0.142. The summed E-state index contributed by atoms with van der Waals surface area (Å²) >= 11 is 0. The summed E-state index contributed by atoms with van der Waals surface area (Å²) in [7, 11) is 0. The standard InChI is InChI=1S/C13H21NO2/c15-13(16)12-2-1-5-14(12)8-11-7-9-3-4-10(11)6-9/h9-12H,1-8H2,(H,15,16)/t9?,10?,11?,12-/m1/s1. The summed E-state index contributed by atoms with van der Waals surface area (Å²) in [6.07, 6.45) is 7.56. The van der Waals surface area contributed by atoms with E-state index in [4.69, 9.17) is 5.11 Å². The SMILES string of the molecule is O=C(O)[C@H]1CCCN1CC1CC2CCC1C2. The molecule has 1 saturated heterocycles. The maximum atomic E-state index is 11.1. The molecule has 3 rings (SSSR count). The van der Waals surface area contributed by atoms with Crippen molar-refractivity contribution in [3.05, 3.63) is 0 Å². The number of carbonyl (C=O) groups is 1. The molecule has 1 heterocycles. The minimum Gasteiger partial charge on any atom is -0.480 e. The predicted molar refractivity (Wildman–Crippen MR) is 61.2 cm³/mol. The third-order valence-corrected chi connectivity index (χ3v) is 5.00. The summed E-state index contributed by atoms with van der Waals surface area (Å²) in [5, 5.41) is 9.15. The molecule has 0 radical (unpaired) electrons. The third-order valence-electron chi connectivity index (χ3n) is 5.00. The fourth-order valence-electron chi connectivity index (χ4n) is 4.23. The van der Waals surface area contributed by atoms with Gasteiger partial charge in [0.2, 0.25) is 0 Å². The lowest BCUT2D eigenvalue weighted by Crippen LogP contribution is -2.40. The molecule has 3 nitrogen and oxygen atoms in total. The first-order valence-electron chi connectivity index (χ1n) is 6.71. The molecule has 4 atom stereocenters. The zero-order chi connectivity index (χ0) is 11.1. The van der Waals surface area contributed by atoms with Gasteiger partial charge in [-0.15, -0.1) is 0 Å². The van der Waals surface area contributed by atoms with E-state index in [-0.39, 0.29) is 6.04 Å². The molecule has 3 heteroatoms. The molecule has 1 aliphatic heterocycles. The van der Waals surface area contributed by atoms with Crippen molar-refractivity contribution >= 4 is 5.97 Å². The topological polar surface area (TPSA) is 40.5 Å². The molecule has 3 unspecified atom stereocenters. The zero-order valence-electron chi connectivity index (χ0n) is 9.77. The van der Waals surface area contributed by atoms with Crippen LogP contribution >= 0.6 is 0 Å². The van der Waals surface area contributed by atoms with Gasteiger partial charge in [-0.05, 0) is 56.4 Å². The monoisotopic (exact) mass is 223 g/mol. The number of likely N-dealkylation sites (tertiary alicyclic amines) is 1. The van der Waals surface area contributed by atoms with Crippen molar-refractivity contribution in [1.29, 1.82) is 0 Å². The van der Waals surface area contributed by atoms with E-state index in [9.17, 15) is 4.79 Å². The van der Waals surface area contributed by atoms with Crippen molar-refractivity contribution < 1.29 is 9.90 Å². The van der Waals surface area contributed by atoms with E-state index in [1.807, 2.05) is 0 Å². The molecule has 2 saturated carbocycles. The van der Waals surface area contributed by atoms with Gasteiger partial charge in [0, 0.05) is 6.54 Å². The van der Waals surface area contributed by atoms with Crippen molar-refractivity contribution in [3.63, 3.8) is 0 Å². The second kappa shape index (κ2) is 4.02. The summed E-state index contributed by atoms with van der Waals surface area (Å²) in [5.41, 5.74) is 0. The number of hydrogen-bond donors (Lipinski definition) is 1. The van der Waals surface area contributed by atoms with Crippen LogP contribution in [0.1, 0.15) is 38.5 Å². The maximum Gasteiger partial charge on any atom is 0.320 e. The number of fused-ring (bicyclic) bond motifs is 2. The summed E-state index contributed by atoms with van der Waals surface area (Å²) in [4.78, 5) is 13.3. The van der Waals surface area contributed by atoms with Crippen LogP contribution in [0.15, 0.2) is 0 Å². The highest BCUT2D eigenvalue weighted by Gasteiger charge is 2.42. The fraction of sp³-hybridized carbons (Fsp3) is 0.923. The van der Waals surface area contributed by atoms with Crippen molar-refractivity contribution in [2.75, 3.05) is 13.1 Å². The number of aliphatic carboxylic acids is 1. The Labute approximate surface area is 96.8 Å². The molecule has 90 valence electrons. The van der Waals surface area contributed by atoms with Crippen LogP contribution in [0.5, 0.6) is 0 Å². The van der Waals surface area contributed by atoms with Gasteiger partial charge in [-0.1, -0.05) is 6.42 Å². The van der Waals surface area contributed by atoms with E-state index >= 15 is 0 Å². The first-order valence-corrected chi connectivity index (χ1v) is 6.71. The molecular weight excluding hydrogens is 202 g/mol. The Kier molecular flexibility index (Phi) is 2.66.